The van der Waals surface area contributed by atoms with Crippen LogP contribution in [0.4, 0.5) is 13.6 Å². The molecule has 1 aliphatic heterocycles. The molecule has 1 atom stereocenters. The van der Waals surface area contributed by atoms with Crippen molar-refractivity contribution in [2.75, 3.05) is 13.7 Å². The number of alkyl carbamates (subject to hydrolysis) is 1. The number of benzene rings is 1. The predicted molar refractivity (Wildman–Crippen MR) is 60.2 cm³/mol. The van der Waals surface area contributed by atoms with Gasteiger partial charge in [0.1, 0.15) is 11.8 Å². The molecular weight excluding hydrogens is 268 g/mol. The lowest BCUT2D eigenvalue weighted by molar-refractivity contribution is -0.104. The largest absolute Gasteiger partial charge is 0.496 e. The Labute approximate surface area is 107 Å². The molecule has 1 saturated heterocycles. The summed E-state index contributed by atoms with van der Waals surface area (Å²) in [6, 6.07) is 2.80. The zero-order valence-corrected chi connectivity index (χ0v) is 10.1. The van der Waals surface area contributed by atoms with Gasteiger partial charge < -0.3 is 14.8 Å². The molecule has 4 nitrogen and oxygen atoms in total. The number of methoxy groups -OCH3 is 1. The number of halogens is 3. The van der Waals surface area contributed by atoms with Crippen molar-refractivity contribution in [3.8, 4) is 5.75 Å². The van der Waals surface area contributed by atoms with E-state index in [4.69, 9.17) is 16.3 Å². The second-order valence-corrected chi connectivity index (χ2v) is 4.24. The first-order chi connectivity index (χ1) is 8.44. The van der Waals surface area contributed by atoms with Crippen LogP contribution in [0.5, 0.6) is 5.75 Å². The van der Waals surface area contributed by atoms with Gasteiger partial charge in [0.25, 0.3) is 0 Å². The molecule has 18 heavy (non-hydrogen) atoms. The first-order valence-corrected chi connectivity index (χ1v) is 5.46. The molecule has 0 unspecified atom stereocenters. The van der Waals surface area contributed by atoms with Crippen molar-refractivity contribution in [3.63, 3.8) is 0 Å². The van der Waals surface area contributed by atoms with E-state index in [1.807, 2.05) is 0 Å². The number of amides is 1. The number of hydrogen-bond acceptors (Lipinski definition) is 3. The van der Waals surface area contributed by atoms with Gasteiger partial charge in [-0.05, 0) is 18.2 Å². The molecule has 98 valence electrons. The van der Waals surface area contributed by atoms with Gasteiger partial charge in [0.15, 0.2) is 6.61 Å². The third-order valence-electron chi connectivity index (χ3n) is 2.58. The molecule has 1 amide bonds. The number of cyclic esters (lactones) is 1. The van der Waals surface area contributed by atoms with Crippen molar-refractivity contribution in [3.05, 3.63) is 28.8 Å². The zero-order valence-electron chi connectivity index (χ0n) is 9.38. The Morgan fingerprint density at radius 1 is 1.56 bits per heavy atom. The maximum Gasteiger partial charge on any atom is 0.408 e. The minimum atomic E-state index is -3.23. The van der Waals surface area contributed by atoms with Gasteiger partial charge in [0.05, 0.1) is 7.11 Å². The van der Waals surface area contributed by atoms with Crippen molar-refractivity contribution in [1.82, 2.24) is 5.32 Å². The highest BCUT2D eigenvalue weighted by molar-refractivity contribution is 6.30. The fraction of sp³-hybridized carbons (Fsp3) is 0.364. The van der Waals surface area contributed by atoms with Crippen LogP contribution in [0.15, 0.2) is 18.2 Å². The van der Waals surface area contributed by atoms with Crippen molar-refractivity contribution in [1.29, 1.82) is 0 Å². The fourth-order valence-corrected chi connectivity index (χ4v) is 1.93. The van der Waals surface area contributed by atoms with E-state index in [0.29, 0.717) is 0 Å². The molecule has 0 radical (unpaired) electrons. The molecule has 2 rings (SSSR count). The Kier molecular flexibility index (Phi) is 3.30. The molecule has 1 aromatic carbocycles. The molecule has 1 fully saturated rings. The van der Waals surface area contributed by atoms with Gasteiger partial charge in [-0.15, -0.1) is 0 Å². The molecule has 1 heterocycles. The van der Waals surface area contributed by atoms with E-state index in [0.717, 1.165) is 0 Å². The number of nitrogens with one attached hydrogen (secondary N) is 1. The normalized spacial score (nSPS) is 22.0. The highest BCUT2D eigenvalue weighted by Crippen LogP contribution is 2.39. The standard InChI is InChI=1S/C11H10ClF2NO3/c1-17-8-3-2-6(12)4-7(8)9-11(13,14)5-18-10(16)15-9/h2-4,9H,5H2,1H3,(H,15,16)/t9-/m0/s1. The summed E-state index contributed by atoms with van der Waals surface area (Å²) in [7, 11) is 1.35. The minimum Gasteiger partial charge on any atom is -0.496 e. The highest BCUT2D eigenvalue weighted by atomic mass is 35.5. The van der Waals surface area contributed by atoms with Crippen LogP contribution in [0.2, 0.25) is 5.02 Å². The van der Waals surface area contributed by atoms with E-state index in [9.17, 15) is 13.6 Å². The van der Waals surface area contributed by atoms with Crippen LogP contribution >= 0.6 is 11.6 Å². The Bertz CT molecular complexity index is 481. The molecule has 1 aromatic rings. The van der Waals surface area contributed by atoms with Crippen molar-refractivity contribution in [2.45, 2.75) is 12.0 Å². The van der Waals surface area contributed by atoms with E-state index in [-0.39, 0.29) is 16.3 Å². The van der Waals surface area contributed by atoms with Crippen LogP contribution in [0.3, 0.4) is 0 Å². The van der Waals surface area contributed by atoms with Crippen LogP contribution < -0.4 is 10.1 Å². The van der Waals surface area contributed by atoms with Crippen LogP contribution in [-0.2, 0) is 4.74 Å². The predicted octanol–water partition coefficient (Wildman–Crippen LogP) is 2.76. The van der Waals surface area contributed by atoms with Gasteiger partial charge in [-0.3, -0.25) is 0 Å². The maximum atomic E-state index is 13.7. The molecule has 7 heteroatoms. The lowest BCUT2D eigenvalue weighted by atomic mass is 9.99. The Balaban J connectivity index is 2.45. The molecule has 0 aliphatic carbocycles. The summed E-state index contributed by atoms with van der Waals surface area (Å²) in [4.78, 5) is 11.1. The number of rotatable bonds is 2. The molecule has 0 spiro atoms. The zero-order chi connectivity index (χ0) is 13.3. The van der Waals surface area contributed by atoms with Crippen LogP contribution in [-0.4, -0.2) is 25.7 Å². The van der Waals surface area contributed by atoms with E-state index in [2.05, 4.69) is 10.1 Å². The quantitative estimate of drug-likeness (QED) is 0.904. The average Bonchev–Trinajstić information content (AvgIpc) is 2.32. The molecule has 1 aliphatic rings. The Hall–Kier alpha value is -1.56. The summed E-state index contributed by atoms with van der Waals surface area (Å²) in [6.07, 6.45) is -0.895. The first-order valence-electron chi connectivity index (χ1n) is 5.08. The number of carbonyl (C=O) groups is 1. The number of ether oxygens (including phenoxy) is 2. The summed E-state index contributed by atoms with van der Waals surface area (Å²) >= 11 is 5.78. The summed E-state index contributed by atoms with van der Waals surface area (Å²) < 4.78 is 36.7. The first kappa shape index (κ1) is 12.9. The molecule has 0 aromatic heterocycles. The van der Waals surface area contributed by atoms with Crippen molar-refractivity contribution >= 4 is 17.7 Å². The molecule has 1 N–H and O–H groups in total. The topological polar surface area (TPSA) is 47.6 Å². The maximum absolute atomic E-state index is 13.7. The second-order valence-electron chi connectivity index (χ2n) is 3.80. The monoisotopic (exact) mass is 277 g/mol. The van der Waals surface area contributed by atoms with Crippen molar-refractivity contribution in [2.24, 2.45) is 0 Å². The Morgan fingerprint density at radius 3 is 2.94 bits per heavy atom. The highest BCUT2D eigenvalue weighted by Gasteiger charge is 2.47. The molecule has 0 bridgehead atoms. The van der Waals surface area contributed by atoms with E-state index in [1.54, 1.807) is 0 Å². The van der Waals surface area contributed by atoms with Gasteiger partial charge in [-0.1, -0.05) is 11.6 Å². The smallest absolute Gasteiger partial charge is 0.408 e. The van der Waals surface area contributed by atoms with Gasteiger partial charge in [-0.25, -0.2) is 13.6 Å². The van der Waals surface area contributed by atoms with E-state index in [1.165, 1.54) is 25.3 Å². The molecular formula is C11H10ClF2NO3. The Morgan fingerprint density at radius 2 is 2.28 bits per heavy atom. The average molecular weight is 278 g/mol. The lowest BCUT2D eigenvalue weighted by Crippen LogP contribution is -2.49. The van der Waals surface area contributed by atoms with Gasteiger partial charge >= 0.3 is 12.0 Å². The van der Waals surface area contributed by atoms with Gasteiger partial charge in [0.2, 0.25) is 0 Å². The van der Waals surface area contributed by atoms with Crippen LogP contribution in [0, 0.1) is 0 Å². The van der Waals surface area contributed by atoms with Crippen molar-refractivity contribution < 1.29 is 23.0 Å². The second kappa shape index (κ2) is 4.61. The van der Waals surface area contributed by atoms with Gasteiger partial charge in [0, 0.05) is 10.6 Å². The number of carbonyl (C=O) groups excluding carboxylic acids is 1. The van der Waals surface area contributed by atoms with E-state index < -0.39 is 24.7 Å². The van der Waals surface area contributed by atoms with Gasteiger partial charge in [-0.2, -0.15) is 0 Å². The third kappa shape index (κ3) is 2.33. The summed E-state index contributed by atoms with van der Waals surface area (Å²) in [5.41, 5.74) is 0.117. The SMILES string of the molecule is COc1ccc(Cl)cc1[C@@H]1NC(=O)OCC1(F)F. The van der Waals surface area contributed by atoms with E-state index >= 15 is 0 Å². The van der Waals surface area contributed by atoms with Crippen LogP contribution in [0.1, 0.15) is 11.6 Å². The fourth-order valence-electron chi connectivity index (χ4n) is 1.75. The third-order valence-corrected chi connectivity index (χ3v) is 2.82. The lowest BCUT2D eigenvalue weighted by Gasteiger charge is -2.32. The summed E-state index contributed by atoms with van der Waals surface area (Å²) in [5, 5.41) is 2.36. The number of hydrogen-bond donors (Lipinski definition) is 1. The number of alkyl halides is 2. The summed E-state index contributed by atoms with van der Waals surface area (Å²) in [5.74, 6) is -3.00. The molecule has 0 saturated carbocycles. The van der Waals surface area contributed by atoms with Crippen LogP contribution in [0.25, 0.3) is 0 Å². The summed E-state index contributed by atoms with van der Waals surface area (Å²) in [6.45, 7) is -0.973. The minimum absolute atomic E-state index is 0.117.